The first kappa shape index (κ1) is 16.5. The highest BCUT2D eigenvalue weighted by molar-refractivity contribution is 5.94. The van der Waals surface area contributed by atoms with Crippen LogP contribution < -0.4 is 10.2 Å². The Bertz CT molecular complexity index is 669. The lowest BCUT2D eigenvalue weighted by Crippen LogP contribution is -2.34. The molecule has 2 aromatic rings. The third-order valence-electron chi connectivity index (χ3n) is 4.64. The predicted octanol–water partition coefficient (Wildman–Crippen LogP) is 3.81. The minimum atomic E-state index is -0.0857. The molecule has 0 spiro atoms. The van der Waals surface area contributed by atoms with Crippen molar-refractivity contribution in [3.8, 4) is 0 Å². The first-order valence-corrected chi connectivity index (χ1v) is 8.70. The van der Waals surface area contributed by atoms with Crippen molar-refractivity contribution in [2.24, 2.45) is 5.92 Å². The van der Waals surface area contributed by atoms with Gasteiger partial charge in [0.1, 0.15) is 5.82 Å². The number of rotatable bonds is 4. The van der Waals surface area contributed by atoms with E-state index in [0.717, 1.165) is 24.5 Å². The SMILES string of the molecule is CC1CCCN(c2ccc(C(=O)NC(C)c3ccccc3)cn2)C1. The van der Waals surface area contributed by atoms with Crippen LogP contribution in [-0.2, 0) is 0 Å². The molecule has 24 heavy (non-hydrogen) atoms. The standard InChI is InChI=1S/C20H25N3O/c1-15-7-6-12-23(14-15)19-11-10-18(13-21-19)20(24)22-16(2)17-8-4-3-5-9-17/h3-5,8-11,13,15-16H,6-7,12,14H2,1-2H3,(H,22,24). The number of benzene rings is 1. The smallest absolute Gasteiger partial charge is 0.253 e. The maximum atomic E-state index is 12.4. The summed E-state index contributed by atoms with van der Waals surface area (Å²) in [5.41, 5.74) is 1.70. The largest absolute Gasteiger partial charge is 0.356 e. The summed E-state index contributed by atoms with van der Waals surface area (Å²) >= 11 is 0. The Balaban J connectivity index is 1.63. The van der Waals surface area contributed by atoms with Gasteiger partial charge in [0.15, 0.2) is 0 Å². The van der Waals surface area contributed by atoms with Gasteiger partial charge in [0.25, 0.3) is 5.91 Å². The van der Waals surface area contributed by atoms with Gasteiger partial charge in [-0.25, -0.2) is 4.98 Å². The Morgan fingerprint density at radius 1 is 1.25 bits per heavy atom. The zero-order chi connectivity index (χ0) is 16.9. The number of aromatic nitrogens is 1. The molecule has 2 heterocycles. The van der Waals surface area contributed by atoms with E-state index >= 15 is 0 Å². The van der Waals surface area contributed by atoms with Crippen LogP contribution in [0.2, 0.25) is 0 Å². The van der Waals surface area contributed by atoms with Crippen molar-refractivity contribution in [2.45, 2.75) is 32.7 Å². The molecule has 1 aliphatic heterocycles. The van der Waals surface area contributed by atoms with Gasteiger partial charge in [0.05, 0.1) is 11.6 Å². The van der Waals surface area contributed by atoms with Crippen molar-refractivity contribution in [1.29, 1.82) is 0 Å². The molecule has 1 aliphatic rings. The molecule has 3 rings (SSSR count). The van der Waals surface area contributed by atoms with Gasteiger partial charge in [-0.2, -0.15) is 0 Å². The van der Waals surface area contributed by atoms with Crippen LogP contribution in [0.1, 0.15) is 48.7 Å². The monoisotopic (exact) mass is 323 g/mol. The fraction of sp³-hybridized carbons (Fsp3) is 0.400. The molecular formula is C20H25N3O. The summed E-state index contributed by atoms with van der Waals surface area (Å²) in [6, 6.07) is 13.8. The molecule has 4 nitrogen and oxygen atoms in total. The molecule has 2 unspecified atom stereocenters. The highest BCUT2D eigenvalue weighted by atomic mass is 16.1. The predicted molar refractivity (Wildman–Crippen MR) is 97.2 cm³/mol. The number of nitrogens with zero attached hydrogens (tertiary/aromatic N) is 2. The lowest BCUT2D eigenvalue weighted by Gasteiger charge is -2.31. The first-order chi connectivity index (χ1) is 11.6. The summed E-state index contributed by atoms with van der Waals surface area (Å²) in [4.78, 5) is 19.2. The topological polar surface area (TPSA) is 45.2 Å². The maximum absolute atomic E-state index is 12.4. The zero-order valence-electron chi connectivity index (χ0n) is 14.4. The van der Waals surface area contributed by atoms with Crippen LogP contribution in [0.15, 0.2) is 48.7 Å². The number of carbonyl (C=O) groups is 1. The van der Waals surface area contributed by atoms with Gasteiger partial charge in [0.2, 0.25) is 0 Å². The van der Waals surface area contributed by atoms with Gasteiger partial charge in [-0.3, -0.25) is 4.79 Å². The fourth-order valence-electron chi connectivity index (χ4n) is 3.21. The second-order valence-electron chi connectivity index (χ2n) is 6.70. The van der Waals surface area contributed by atoms with Crippen molar-refractivity contribution in [3.05, 3.63) is 59.8 Å². The highest BCUT2D eigenvalue weighted by Gasteiger charge is 2.18. The molecule has 1 N–H and O–H groups in total. The number of carbonyl (C=O) groups excluding carboxylic acids is 1. The van der Waals surface area contributed by atoms with E-state index < -0.39 is 0 Å². The van der Waals surface area contributed by atoms with Gasteiger partial charge in [-0.15, -0.1) is 0 Å². The third-order valence-corrected chi connectivity index (χ3v) is 4.64. The minimum Gasteiger partial charge on any atom is -0.356 e. The zero-order valence-corrected chi connectivity index (χ0v) is 14.4. The van der Waals surface area contributed by atoms with E-state index in [-0.39, 0.29) is 11.9 Å². The van der Waals surface area contributed by atoms with Crippen LogP contribution >= 0.6 is 0 Å². The molecule has 0 aliphatic carbocycles. The first-order valence-electron chi connectivity index (χ1n) is 8.70. The molecule has 1 aromatic carbocycles. The molecule has 1 fully saturated rings. The second-order valence-corrected chi connectivity index (χ2v) is 6.70. The number of anilines is 1. The summed E-state index contributed by atoms with van der Waals surface area (Å²) in [7, 11) is 0. The van der Waals surface area contributed by atoms with Crippen LogP contribution in [0.3, 0.4) is 0 Å². The lowest BCUT2D eigenvalue weighted by molar-refractivity contribution is 0.0939. The quantitative estimate of drug-likeness (QED) is 0.930. The van der Waals surface area contributed by atoms with Gasteiger partial charge in [0, 0.05) is 19.3 Å². The number of piperidine rings is 1. The van der Waals surface area contributed by atoms with E-state index in [1.807, 2.05) is 49.4 Å². The van der Waals surface area contributed by atoms with Gasteiger partial charge >= 0.3 is 0 Å². The van der Waals surface area contributed by atoms with E-state index in [1.54, 1.807) is 6.20 Å². The average Bonchev–Trinajstić information content (AvgIpc) is 2.62. The summed E-state index contributed by atoms with van der Waals surface area (Å²) < 4.78 is 0. The normalized spacial score (nSPS) is 18.9. The van der Waals surface area contributed by atoms with Gasteiger partial charge in [-0.1, -0.05) is 37.3 Å². The van der Waals surface area contributed by atoms with Crippen LogP contribution in [0.4, 0.5) is 5.82 Å². The Kier molecular flexibility index (Phi) is 5.14. The molecular weight excluding hydrogens is 298 g/mol. The van der Waals surface area contributed by atoms with E-state index in [4.69, 9.17) is 0 Å². The maximum Gasteiger partial charge on any atom is 0.253 e. The van der Waals surface area contributed by atoms with Crippen molar-refractivity contribution < 1.29 is 4.79 Å². The number of hydrogen-bond acceptors (Lipinski definition) is 3. The van der Waals surface area contributed by atoms with E-state index in [9.17, 15) is 4.79 Å². The summed E-state index contributed by atoms with van der Waals surface area (Å²) in [6.45, 7) is 6.36. The Morgan fingerprint density at radius 2 is 2.04 bits per heavy atom. The Hall–Kier alpha value is -2.36. The molecule has 0 saturated carbocycles. The summed E-state index contributed by atoms with van der Waals surface area (Å²) in [5.74, 6) is 1.59. The van der Waals surface area contributed by atoms with Crippen molar-refractivity contribution in [1.82, 2.24) is 10.3 Å². The van der Waals surface area contributed by atoms with Gasteiger partial charge in [-0.05, 0) is 43.4 Å². The highest BCUT2D eigenvalue weighted by Crippen LogP contribution is 2.21. The number of nitrogens with one attached hydrogen (secondary N) is 1. The molecule has 1 aromatic heterocycles. The number of hydrogen-bond donors (Lipinski definition) is 1. The molecule has 1 amide bonds. The van der Waals surface area contributed by atoms with Crippen molar-refractivity contribution >= 4 is 11.7 Å². The summed E-state index contributed by atoms with van der Waals surface area (Å²) in [6.07, 6.45) is 4.18. The summed E-state index contributed by atoms with van der Waals surface area (Å²) in [5, 5.41) is 3.03. The molecule has 2 atom stereocenters. The number of amides is 1. The van der Waals surface area contributed by atoms with Gasteiger partial charge < -0.3 is 10.2 Å². The molecule has 0 bridgehead atoms. The van der Waals surface area contributed by atoms with Crippen molar-refractivity contribution in [2.75, 3.05) is 18.0 Å². The lowest BCUT2D eigenvalue weighted by atomic mass is 10.0. The fourth-order valence-corrected chi connectivity index (χ4v) is 3.21. The van der Waals surface area contributed by atoms with Crippen LogP contribution in [0, 0.1) is 5.92 Å². The van der Waals surface area contributed by atoms with Crippen LogP contribution in [-0.4, -0.2) is 24.0 Å². The van der Waals surface area contributed by atoms with E-state index in [1.165, 1.54) is 12.8 Å². The van der Waals surface area contributed by atoms with Crippen LogP contribution in [0.5, 0.6) is 0 Å². The third kappa shape index (κ3) is 3.94. The molecule has 1 saturated heterocycles. The number of pyridine rings is 1. The Labute approximate surface area is 143 Å². The minimum absolute atomic E-state index is 0.0266. The average molecular weight is 323 g/mol. The molecule has 4 heteroatoms. The molecule has 126 valence electrons. The second kappa shape index (κ2) is 7.47. The Morgan fingerprint density at radius 3 is 2.71 bits per heavy atom. The van der Waals surface area contributed by atoms with E-state index in [0.29, 0.717) is 11.5 Å². The van der Waals surface area contributed by atoms with Crippen molar-refractivity contribution in [3.63, 3.8) is 0 Å². The van der Waals surface area contributed by atoms with Crippen LogP contribution in [0.25, 0.3) is 0 Å². The molecule has 0 radical (unpaired) electrons. The van der Waals surface area contributed by atoms with E-state index in [2.05, 4.69) is 22.1 Å².